The average Bonchev–Trinajstić information content (AvgIpc) is 3.27. The Kier molecular flexibility index (Phi) is 7.57. The fourth-order valence-corrected chi connectivity index (χ4v) is 4.92. The lowest BCUT2D eigenvalue weighted by Gasteiger charge is -2.23. The van der Waals surface area contributed by atoms with Gasteiger partial charge in [0.25, 0.3) is 0 Å². The first kappa shape index (κ1) is 25.3. The number of hydrogen-bond acceptors (Lipinski definition) is 3. The molecule has 3 aromatic rings. The number of aromatic nitrogens is 2. The van der Waals surface area contributed by atoms with Gasteiger partial charge in [-0.25, -0.2) is 4.57 Å². The standard InChI is InChI=1S/C24H27N3O6P2/c28-34(29,30)18-16-25-12-8-20(9-13-25)23-6-7-24(27(23)22-4-2-1-3-5-22)21-10-14-26(15-11-21)17-19-35(31,32)33/h1-14H,15-19H2,(H3-,28,29,30,31,32,33)/p+1. The third-order valence-corrected chi connectivity index (χ3v) is 7.28. The van der Waals surface area contributed by atoms with E-state index in [0.29, 0.717) is 6.54 Å². The van der Waals surface area contributed by atoms with Crippen molar-refractivity contribution in [2.24, 2.45) is 0 Å². The zero-order valence-electron chi connectivity index (χ0n) is 19.0. The Balaban J connectivity index is 1.62. The predicted molar refractivity (Wildman–Crippen MR) is 134 cm³/mol. The van der Waals surface area contributed by atoms with E-state index in [-0.39, 0.29) is 25.4 Å². The van der Waals surface area contributed by atoms with Crippen LogP contribution in [-0.4, -0.2) is 54.5 Å². The monoisotopic (exact) mass is 516 g/mol. The molecule has 4 rings (SSSR count). The van der Waals surface area contributed by atoms with Crippen LogP contribution < -0.4 is 4.57 Å². The van der Waals surface area contributed by atoms with Crippen LogP contribution in [0.4, 0.5) is 0 Å². The predicted octanol–water partition coefficient (Wildman–Crippen LogP) is 3.00. The molecule has 0 atom stereocenters. The molecular weight excluding hydrogens is 488 g/mol. The first-order valence-corrected chi connectivity index (χ1v) is 14.7. The second-order valence-electron chi connectivity index (χ2n) is 8.35. The summed E-state index contributed by atoms with van der Waals surface area (Å²) in [6, 6.07) is 17.9. The highest BCUT2D eigenvalue weighted by atomic mass is 31.2. The van der Waals surface area contributed by atoms with Crippen LogP contribution in [0.2, 0.25) is 0 Å². The third kappa shape index (κ3) is 6.89. The van der Waals surface area contributed by atoms with Crippen LogP contribution >= 0.6 is 15.2 Å². The van der Waals surface area contributed by atoms with Crippen molar-refractivity contribution < 1.29 is 33.3 Å². The van der Waals surface area contributed by atoms with Crippen molar-refractivity contribution in [1.29, 1.82) is 0 Å². The number of hydrogen-bond donors (Lipinski definition) is 4. The summed E-state index contributed by atoms with van der Waals surface area (Å²) in [6.07, 6.45) is 9.07. The lowest BCUT2D eigenvalue weighted by molar-refractivity contribution is -0.692. The van der Waals surface area contributed by atoms with Crippen molar-refractivity contribution in [3.8, 4) is 16.9 Å². The van der Waals surface area contributed by atoms with Crippen LogP contribution in [0.25, 0.3) is 22.5 Å². The molecule has 0 radical (unpaired) electrons. The summed E-state index contributed by atoms with van der Waals surface area (Å²) in [5.41, 5.74) is 4.89. The van der Waals surface area contributed by atoms with Crippen molar-refractivity contribution in [3.63, 3.8) is 0 Å². The van der Waals surface area contributed by atoms with Gasteiger partial charge in [0.05, 0.1) is 17.5 Å². The summed E-state index contributed by atoms with van der Waals surface area (Å²) in [5.74, 6) is 0. The van der Waals surface area contributed by atoms with Crippen LogP contribution in [-0.2, 0) is 15.7 Å². The molecule has 1 aliphatic rings. The first-order chi connectivity index (χ1) is 16.6. The highest BCUT2D eigenvalue weighted by Gasteiger charge is 2.19. The first-order valence-electron chi connectivity index (χ1n) is 11.1. The van der Waals surface area contributed by atoms with E-state index < -0.39 is 15.2 Å². The maximum atomic E-state index is 11.2. The topological polar surface area (TPSA) is 127 Å². The van der Waals surface area contributed by atoms with E-state index in [4.69, 9.17) is 19.6 Å². The van der Waals surface area contributed by atoms with Gasteiger partial charge in [0, 0.05) is 42.7 Å². The van der Waals surface area contributed by atoms with Gasteiger partial charge in [-0.2, -0.15) is 0 Å². The van der Waals surface area contributed by atoms with Gasteiger partial charge in [-0.15, -0.1) is 0 Å². The summed E-state index contributed by atoms with van der Waals surface area (Å²) in [6.45, 7) is 1.05. The van der Waals surface area contributed by atoms with Crippen molar-refractivity contribution in [2.45, 2.75) is 6.54 Å². The molecule has 0 aliphatic carbocycles. The third-order valence-electron chi connectivity index (χ3n) is 5.72. The molecule has 0 bridgehead atoms. The molecule has 0 saturated heterocycles. The number of para-hydroxylation sites is 1. The molecule has 3 heterocycles. The van der Waals surface area contributed by atoms with Crippen molar-refractivity contribution in [1.82, 2.24) is 9.47 Å². The van der Waals surface area contributed by atoms with Crippen LogP contribution in [0.3, 0.4) is 0 Å². The summed E-state index contributed by atoms with van der Waals surface area (Å²) < 4.78 is 26.3. The molecule has 0 unspecified atom stereocenters. The number of aryl methyl sites for hydroxylation is 1. The molecule has 9 nitrogen and oxygen atoms in total. The van der Waals surface area contributed by atoms with Crippen LogP contribution in [0.1, 0.15) is 5.69 Å². The highest BCUT2D eigenvalue weighted by molar-refractivity contribution is 7.52. The number of rotatable bonds is 9. The van der Waals surface area contributed by atoms with Crippen LogP contribution in [0.5, 0.6) is 0 Å². The lowest BCUT2D eigenvalue weighted by Crippen LogP contribution is -2.34. The molecular formula is C24H28N3O6P2+. The lowest BCUT2D eigenvalue weighted by atomic mass is 10.1. The molecule has 4 N–H and O–H groups in total. The Bertz CT molecular complexity index is 1320. The number of nitrogens with zero attached hydrogens (tertiary/aromatic N) is 3. The Morgan fingerprint density at radius 1 is 0.829 bits per heavy atom. The molecule has 1 aliphatic heterocycles. The molecule has 0 saturated carbocycles. The smallest absolute Gasteiger partial charge is 0.331 e. The summed E-state index contributed by atoms with van der Waals surface area (Å²) in [4.78, 5) is 38.4. The molecule has 184 valence electrons. The zero-order chi connectivity index (χ0) is 25.1. The number of pyridine rings is 1. The van der Waals surface area contributed by atoms with Gasteiger partial charge in [0.15, 0.2) is 18.9 Å². The minimum absolute atomic E-state index is 0.187. The number of allylic oxidation sites excluding steroid dienone is 2. The van der Waals surface area contributed by atoms with Crippen molar-refractivity contribution in [3.05, 3.63) is 91.0 Å². The van der Waals surface area contributed by atoms with Crippen LogP contribution in [0.15, 0.2) is 85.3 Å². The van der Waals surface area contributed by atoms with Gasteiger partial charge in [-0.05, 0) is 35.9 Å². The quantitative estimate of drug-likeness (QED) is 0.254. The Morgan fingerprint density at radius 2 is 1.49 bits per heavy atom. The Labute approximate surface area is 203 Å². The summed E-state index contributed by atoms with van der Waals surface area (Å²) in [7, 11) is -8.10. The maximum absolute atomic E-state index is 11.2. The molecule has 11 heteroatoms. The van der Waals surface area contributed by atoms with Gasteiger partial charge in [-0.1, -0.05) is 24.3 Å². The molecule has 0 fully saturated rings. The molecule has 0 spiro atoms. The molecule has 35 heavy (non-hydrogen) atoms. The fraction of sp³-hybridized carbons (Fsp3) is 0.208. The summed E-state index contributed by atoms with van der Waals surface area (Å²) in [5, 5.41) is 0. The fourth-order valence-electron chi connectivity index (χ4n) is 3.91. The Hall–Kier alpha value is -2.77. The molecule has 2 aromatic heterocycles. The van der Waals surface area contributed by atoms with E-state index in [2.05, 4.69) is 4.57 Å². The van der Waals surface area contributed by atoms with Gasteiger partial charge in [0.2, 0.25) is 0 Å². The second-order valence-corrected chi connectivity index (χ2v) is 11.9. The minimum Gasteiger partial charge on any atom is -0.373 e. The van der Waals surface area contributed by atoms with E-state index in [0.717, 1.165) is 28.2 Å². The second kappa shape index (κ2) is 10.5. The molecule has 0 amide bonds. The summed E-state index contributed by atoms with van der Waals surface area (Å²) >= 11 is 0. The minimum atomic E-state index is -4.06. The van der Waals surface area contributed by atoms with E-state index >= 15 is 0 Å². The van der Waals surface area contributed by atoms with Crippen LogP contribution in [0, 0.1) is 0 Å². The zero-order valence-corrected chi connectivity index (χ0v) is 20.7. The normalized spacial score (nSPS) is 14.3. The highest BCUT2D eigenvalue weighted by Crippen LogP contribution is 2.35. The SMILES string of the molecule is O=P(O)(O)CCN1C=CC(c2ccc(-c3cc[n+](CCP(=O)(O)O)cc3)n2-c2ccccc2)=CC1. The van der Waals surface area contributed by atoms with Gasteiger partial charge >= 0.3 is 15.2 Å². The Morgan fingerprint density at radius 3 is 2.09 bits per heavy atom. The average molecular weight is 516 g/mol. The van der Waals surface area contributed by atoms with Gasteiger partial charge < -0.3 is 29.0 Å². The van der Waals surface area contributed by atoms with E-state index in [1.165, 1.54) is 0 Å². The van der Waals surface area contributed by atoms with Gasteiger partial charge in [0.1, 0.15) is 6.16 Å². The maximum Gasteiger partial charge on any atom is 0.331 e. The van der Waals surface area contributed by atoms with Gasteiger partial charge in [-0.3, -0.25) is 9.13 Å². The van der Waals surface area contributed by atoms with E-state index in [1.54, 1.807) is 4.57 Å². The van der Waals surface area contributed by atoms with Crippen molar-refractivity contribution >= 4 is 20.8 Å². The number of benzene rings is 1. The largest absolute Gasteiger partial charge is 0.373 e. The van der Waals surface area contributed by atoms with Crippen molar-refractivity contribution in [2.75, 3.05) is 25.4 Å². The molecule has 1 aromatic carbocycles. The van der Waals surface area contributed by atoms with E-state index in [9.17, 15) is 9.13 Å². The van der Waals surface area contributed by atoms with E-state index in [1.807, 2.05) is 90.2 Å².